The highest BCUT2D eigenvalue weighted by atomic mass is 16.5. The van der Waals surface area contributed by atoms with E-state index in [0.717, 1.165) is 31.7 Å². The van der Waals surface area contributed by atoms with Crippen molar-refractivity contribution in [3.63, 3.8) is 0 Å². The molecule has 2 aliphatic heterocycles. The van der Waals surface area contributed by atoms with Gasteiger partial charge in [0.15, 0.2) is 0 Å². The van der Waals surface area contributed by atoms with Crippen molar-refractivity contribution in [3.8, 4) is 0 Å². The maximum absolute atomic E-state index is 12.0. The number of carbonyl (C=O) groups is 2. The number of anilines is 1. The van der Waals surface area contributed by atoms with Crippen LogP contribution >= 0.6 is 0 Å². The van der Waals surface area contributed by atoms with Crippen LogP contribution in [0, 0.1) is 5.92 Å². The van der Waals surface area contributed by atoms with Crippen LogP contribution in [-0.2, 0) is 9.53 Å². The molecule has 0 saturated carbocycles. The lowest BCUT2D eigenvalue weighted by molar-refractivity contribution is -0.114. The lowest BCUT2D eigenvalue weighted by Gasteiger charge is -2.26. The van der Waals surface area contributed by atoms with Gasteiger partial charge in [0.25, 0.3) is 11.7 Å². The zero-order valence-corrected chi connectivity index (χ0v) is 10.1. The van der Waals surface area contributed by atoms with E-state index in [1.54, 1.807) is 17.0 Å². The number of Topliss-reactive ketones (excluding diaryl/α,β-unsaturated/α-hetero) is 1. The number of ether oxygens (including phenoxy) is 1. The molecule has 1 fully saturated rings. The van der Waals surface area contributed by atoms with Crippen LogP contribution in [0.25, 0.3) is 0 Å². The molecule has 1 amide bonds. The summed E-state index contributed by atoms with van der Waals surface area (Å²) in [4.78, 5) is 25.4. The number of ketones is 1. The third-order valence-electron chi connectivity index (χ3n) is 3.66. The molecule has 4 nitrogen and oxygen atoms in total. The van der Waals surface area contributed by atoms with Crippen LogP contribution in [0.1, 0.15) is 23.2 Å². The maximum Gasteiger partial charge on any atom is 0.299 e. The number of nitrogens with zero attached hydrogens (tertiary/aromatic N) is 1. The van der Waals surface area contributed by atoms with Crippen molar-refractivity contribution in [3.05, 3.63) is 29.8 Å². The number of benzene rings is 1. The van der Waals surface area contributed by atoms with Crippen LogP contribution in [-0.4, -0.2) is 31.4 Å². The molecule has 3 rings (SSSR count). The van der Waals surface area contributed by atoms with Gasteiger partial charge in [-0.3, -0.25) is 9.59 Å². The fourth-order valence-electron chi connectivity index (χ4n) is 2.62. The summed E-state index contributed by atoms with van der Waals surface area (Å²) in [5, 5.41) is 0. The first kappa shape index (κ1) is 11.4. The standard InChI is InChI=1S/C14H15NO3/c16-13-11-3-1-2-4-12(11)15(14(13)17)9-10-5-7-18-8-6-10/h1-4,10H,5-9H2. The second-order valence-corrected chi connectivity index (χ2v) is 4.82. The second kappa shape index (κ2) is 4.53. The lowest BCUT2D eigenvalue weighted by Crippen LogP contribution is -2.36. The zero-order chi connectivity index (χ0) is 12.5. The molecule has 1 saturated heterocycles. The number of amides is 1. The van der Waals surface area contributed by atoms with Crippen LogP contribution in [0.3, 0.4) is 0 Å². The van der Waals surface area contributed by atoms with E-state index in [1.165, 1.54) is 0 Å². The molecular formula is C14H15NO3. The highest BCUT2D eigenvalue weighted by Crippen LogP contribution is 2.30. The first-order valence-corrected chi connectivity index (χ1v) is 6.30. The van der Waals surface area contributed by atoms with Gasteiger partial charge >= 0.3 is 0 Å². The van der Waals surface area contributed by atoms with E-state index in [9.17, 15) is 9.59 Å². The van der Waals surface area contributed by atoms with Crippen molar-refractivity contribution >= 4 is 17.4 Å². The van der Waals surface area contributed by atoms with Gasteiger partial charge in [-0.25, -0.2) is 0 Å². The normalized spacial score (nSPS) is 20.3. The Morgan fingerprint density at radius 1 is 1.17 bits per heavy atom. The highest BCUT2D eigenvalue weighted by molar-refractivity contribution is 6.52. The minimum Gasteiger partial charge on any atom is -0.381 e. The van der Waals surface area contributed by atoms with Crippen molar-refractivity contribution in [2.24, 2.45) is 5.92 Å². The molecule has 0 N–H and O–H groups in total. The van der Waals surface area contributed by atoms with Crippen molar-refractivity contribution in [2.75, 3.05) is 24.7 Å². The Hall–Kier alpha value is -1.68. The Labute approximate surface area is 106 Å². The first-order chi connectivity index (χ1) is 8.77. The van der Waals surface area contributed by atoms with E-state index in [0.29, 0.717) is 18.0 Å². The fraction of sp³-hybridized carbons (Fsp3) is 0.429. The molecule has 0 aliphatic carbocycles. The molecule has 1 aromatic carbocycles. The largest absolute Gasteiger partial charge is 0.381 e. The summed E-state index contributed by atoms with van der Waals surface area (Å²) in [6.07, 6.45) is 1.92. The Morgan fingerprint density at radius 2 is 1.89 bits per heavy atom. The van der Waals surface area contributed by atoms with Gasteiger partial charge in [-0.05, 0) is 30.9 Å². The number of para-hydroxylation sites is 1. The van der Waals surface area contributed by atoms with Crippen molar-refractivity contribution in [2.45, 2.75) is 12.8 Å². The van der Waals surface area contributed by atoms with Crippen molar-refractivity contribution in [1.29, 1.82) is 0 Å². The van der Waals surface area contributed by atoms with Gasteiger partial charge in [0, 0.05) is 19.8 Å². The van der Waals surface area contributed by atoms with Gasteiger partial charge in [-0.1, -0.05) is 12.1 Å². The number of hydrogen-bond acceptors (Lipinski definition) is 3. The summed E-state index contributed by atoms with van der Waals surface area (Å²) in [6.45, 7) is 2.13. The highest BCUT2D eigenvalue weighted by Gasteiger charge is 2.36. The average molecular weight is 245 g/mol. The maximum atomic E-state index is 12.0. The van der Waals surface area contributed by atoms with Crippen molar-refractivity contribution in [1.82, 2.24) is 0 Å². The molecule has 2 aliphatic rings. The van der Waals surface area contributed by atoms with E-state index in [4.69, 9.17) is 4.74 Å². The molecule has 2 heterocycles. The van der Waals surface area contributed by atoms with Crippen LogP contribution in [0.4, 0.5) is 5.69 Å². The first-order valence-electron chi connectivity index (χ1n) is 6.30. The van der Waals surface area contributed by atoms with Gasteiger partial charge in [0.2, 0.25) is 0 Å². The Morgan fingerprint density at radius 3 is 2.67 bits per heavy atom. The average Bonchev–Trinajstić information content (AvgIpc) is 2.66. The predicted octanol–water partition coefficient (Wildman–Crippen LogP) is 1.64. The van der Waals surface area contributed by atoms with Crippen LogP contribution in [0.15, 0.2) is 24.3 Å². The zero-order valence-electron chi connectivity index (χ0n) is 10.1. The third kappa shape index (κ3) is 1.82. The molecule has 0 radical (unpaired) electrons. The summed E-state index contributed by atoms with van der Waals surface area (Å²) >= 11 is 0. The molecule has 0 spiro atoms. The molecule has 0 atom stereocenters. The Balaban J connectivity index is 1.83. The molecule has 0 unspecified atom stereocenters. The van der Waals surface area contributed by atoms with Gasteiger partial charge in [0.1, 0.15) is 0 Å². The molecular weight excluding hydrogens is 230 g/mol. The van der Waals surface area contributed by atoms with Gasteiger partial charge < -0.3 is 9.64 Å². The topological polar surface area (TPSA) is 46.6 Å². The number of rotatable bonds is 2. The van der Waals surface area contributed by atoms with E-state index in [1.807, 2.05) is 12.1 Å². The summed E-state index contributed by atoms with van der Waals surface area (Å²) < 4.78 is 5.31. The van der Waals surface area contributed by atoms with Crippen LogP contribution in [0.2, 0.25) is 0 Å². The third-order valence-corrected chi connectivity index (χ3v) is 3.66. The number of fused-ring (bicyclic) bond motifs is 1. The lowest BCUT2D eigenvalue weighted by atomic mass is 10.00. The van der Waals surface area contributed by atoms with Gasteiger partial charge in [-0.15, -0.1) is 0 Å². The summed E-state index contributed by atoms with van der Waals surface area (Å²) in [5.74, 6) is -0.331. The van der Waals surface area contributed by atoms with Crippen LogP contribution < -0.4 is 4.90 Å². The summed E-state index contributed by atoms with van der Waals surface area (Å²) in [5.41, 5.74) is 1.30. The molecule has 0 aromatic heterocycles. The predicted molar refractivity (Wildman–Crippen MR) is 66.7 cm³/mol. The number of hydrogen-bond donors (Lipinski definition) is 0. The molecule has 0 bridgehead atoms. The fourth-order valence-corrected chi connectivity index (χ4v) is 2.62. The van der Waals surface area contributed by atoms with E-state index < -0.39 is 0 Å². The Bertz CT molecular complexity index is 492. The van der Waals surface area contributed by atoms with Gasteiger partial charge in [-0.2, -0.15) is 0 Å². The smallest absolute Gasteiger partial charge is 0.299 e. The van der Waals surface area contributed by atoms with E-state index >= 15 is 0 Å². The quantitative estimate of drug-likeness (QED) is 0.744. The molecule has 1 aromatic rings. The van der Waals surface area contributed by atoms with E-state index in [2.05, 4.69) is 0 Å². The minimum absolute atomic E-state index is 0.377. The molecule has 4 heteroatoms. The summed E-state index contributed by atoms with van der Waals surface area (Å²) in [7, 11) is 0. The summed E-state index contributed by atoms with van der Waals surface area (Å²) in [6, 6.07) is 7.22. The van der Waals surface area contributed by atoms with Crippen LogP contribution in [0.5, 0.6) is 0 Å². The van der Waals surface area contributed by atoms with Gasteiger partial charge in [0.05, 0.1) is 11.3 Å². The minimum atomic E-state index is -0.386. The monoisotopic (exact) mass is 245 g/mol. The van der Waals surface area contributed by atoms with Crippen molar-refractivity contribution < 1.29 is 14.3 Å². The second-order valence-electron chi connectivity index (χ2n) is 4.82. The Kier molecular flexibility index (Phi) is 2.88. The number of carbonyl (C=O) groups excluding carboxylic acids is 2. The molecule has 94 valence electrons. The molecule has 18 heavy (non-hydrogen) atoms. The SMILES string of the molecule is O=C1C(=O)N(CC2CCOCC2)c2ccccc21. The van der Waals surface area contributed by atoms with E-state index in [-0.39, 0.29) is 11.7 Å².